The highest BCUT2D eigenvalue weighted by Crippen LogP contribution is 2.34. The molecule has 3 heterocycles. The number of ether oxygens (including phenoxy) is 1. The topological polar surface area (TPSA) is 97.6 Å². The Hall–Kier alpha value is -1.96. The molecule has 2 amide bonds. The van der Waals surface area contributed by atoms with Crippen LogP contribution in [-0.4, -0.2) is 58.7 Å². The molecule has 1 aromatic heterocycles. The molecular weight excluding hydrogens is 312 g/mol. The van der Waals surface area contributed by atoms with Crippen LogP contribution in [0.15, 0.2) is 4.52 Å². The first-order chi connectivity index (χ1) is 11.5. The monoisotopic (exact) mass is 336 g/mol. The van der Waals surface area contributed by atoms with Gasteiger partial charge in [0.25, 0.3) is 0 Å². The van der Waals surface area contributed by atoms with Crippen molar-refractivity contribution in [2.75, 3.05) is 26.3 Å². The first kappa shape index (κ1) is 16.9. The van der Waals surface area contributed by atoms with Crippen molar-refractivity contribution in [1.29, 1.82) is 0 Å². The number of likely N-dealkylation sites (tertiary alicyclic amines) is 1. The van der Waals surface area contributed by atoms with Crippen LogP contribution in [-0.2, 0) is 20.7 Å². The van der Waals surface area contributed by atoms with Crippen LogP contribution in [0.4, 0.5) is 0 Å². The summed E-state index contributed by atoms with van der Waals surface area (Å²) in [5.41, 5.74) is -0.330. The lowest BCUT2D eigenvalue weighted by molar-refractivity contribution is -0.131. The average Bonchev–Trinajstić information content (AvgIpc) is 3.10. The van der Waals surface area contributed by atoms with Crippen LogP contribution >= 0.6 is 0 Å². The lowest BCUT2D eigenvalue weighted by atomic mass is 9.83. The minimum absolute atomic E-state index is 0.0528. The third-order valence-corrected chi connectivity index (χ3v) is 4.84. The van der Waals surface area contributed by atoms with Crippen molar-refractivity contribution in [3.05, 3.63) is 11.7 Å². The number of nitrogens with one attached hydrogen (secondary N) is 1. The molecule has 0 radical (unpaired) electrons. The number of fused-ring (bicyclic) bond motifs is 1. The second-order valence-electron chi connectivity index (χ2n) is 6.72. The van der Waals surface area contributed by atoms with E-state index in [9.17, 15) is 9.59 Å². The third-order valence-electron chi connectivity index (χ3n) is 4.84. The van der Waals surface area contributed by atoms with E-state index in [1.165, 1.54) is 6.92 Å². The molecular formula is C16H24N4O4. The number of aryl methyl sites for hydroxylation is 2. The molecule has 0 unspecified atom stereocenters. The summed E-state index contributed by atoms with van der Waals surface area (Å²) in [6.45, 7) is 5.71. The zero-order valence-corrected chi connectivity index (χ0v) is 14.2. The molecule has 1 aromatic rings. The maximum atomic E-state index is 12.5. The first-order valence-electron chi connectivity index (χ1n) is 8.42. The number of nitrogens with zero attached hydrogens (tertiary/aromatic N) is 3. The van der Waals surface area contributed by atoms with E-state index in [1.54, 1.807) is 6.92 Å². The van der Waals surface area contributed by atoms with Gasteiger partial charge in [0.2, 0.25) is 17.7 Å². The maximum absolute atomic E-state index is 12.5. The van der Waals surface area contributed by atoms with Crippen LogP contribution in [0.5, 0.6) is 0 Å². The minimum atomic E-state index is -0.330. The SMILES string of the molecule is CC(=O)N[C@@]12CCOC[C@@H]1CN(C(=O)CCCc1nc(C)no1)C2. The standard InChI is InChI=1S/C16H24N4O4/c1-11-17-14(24-19-11)4-3-5-15(22)20-8-13-9-23-7-6-16(13,10-20)18-12(2)21/h13H,3-10H2,1-2H3,(H,18,21)/t13-,16+/m0/s1. The molecule has 2 atom stereocenters. The fourth-order valence-electron chi connectivity index (χ4n) is 3.69. The zero-order valence-electron chi connectivity index (χ0n) is 14.2. The second kappa shape index (κ2) is 6.88. The summed E-state index contributed by atoms with van der Waals surface area (Å²) >= 11 is 0. The van der Waals surface area contributed by atoms with Crippen LogP contribution in [0.2, 0.25) is 0 Å². The van der Waals surface area contributed by atoms with E-state index in [4.69, 9.17) is 9.26 Å². The Morgan fingerprint density at radius 3 is 3.00 bits per heavy atom. The Bertz CT molecular complexity index is 617. The van der Waals surface area contributed by atoms with Crippen LogP contribution in [0.25, 0.3) is 0 Å². The molecule has 0 aromatic carbocycles. The molecule has 132 valence electrons. The van der Waals surface area contributed by atoms with Crippen molar-refractivity contribution in [3.8, 4) is 0 Å². The van der Waals surface area contributed by atoms with Gasteiger partial charge in [-0.05, 0) is 19.8 Å². The van der Waals surface area contributed by atoms with E-state index in [0.717, 1.165) is 6.42 Å². The van der Waals surface area contributed by atoms with Gasteiger partial charge < -0.3 is 19.5 Å². The van der Waals surface area contributed by atoms with E-state index in [2.05, 4.69) is 15.5 Å². The van der Waals surface area contributed by atoms with E-state index in [1.807, 2.05) is 4.90 Å². The van der Waals surface area contributed by atoms with Gasteiger partial charge in [0, 0.05) is 45.4 Å². The number of hydrogen-bond donors (Lipinski definition) is 1. The molecule has 24 heavy (non-hydrogen) atoms. The smallest absolute Gasteiger partial charge is 0.226 e. The molecule has 0 saturated carbocycles. The first-order valence-corrected chi connectivity index (χ1v) is 8.42. The molecule has 2 aliphatic rings. The normalized spacial score (nSPS) is 26.2. The predicted octanol–water partition coefficient (Wildman–Crippen LogP) is 0.454. The van der Waals surface area contributed by atoms with Crippen molar-refractivity contribution in [2.45, 2.75) is 45.1 Å². The van der Waals surface area contributed by atoms with Crippen molar-refractivity contribution in [1.82, 2.24) is 20.4 Å². The highest BCUT2D eigenvalue weighted by atomic mass is 16.5. The van der Waals surface area contributed by atoms with Crippen molar-refractivity contribution in [3.63, 3.8) is 0 Å². The number of amides is 2. The number of rotatable bonds is 5. The van der Waals surface area contributed by atoms with Gasteiger partial charge in [-0.25, -0.2) is 0 Å². The Kier molecular flexibility index (Phi) is 4.84. The predicted molar refractivity (Wildman–Crippen MR) is 84.0 cm³/mol. The maximum Gasteiger partial charge on any atom is 0.226 e. The molecule has 1 N–H and O–H groups in total. The van der Waals surface area contributed by atoms with Gasteiger partial charge in [0.05, 0.1) is 12.1 Å². The third kappa shape index (κ3) is 3.58. The minimum Gasteiger partial charge on any atom is -0.381 e. The van der Waals surface area contributed by atoms with Gasteiger partial charge in [-0.3, -0.25) is 9.59 Å². The van der Waals surface area contributed by atoms with Crippen molar-refractivity contribution in [2.24, 2.45) is 5.92 Å². The molecule has 0 bridgehead atoms. The van der Waals surface area contributed by atoms with Gasteiger partial charge in [0.15, 0.2) is 5.82 Å². The molecule has 2 aliphatic heterocycles. The fourth-order valence-corrected chi connectivity index (χ4v) is 3.69. The van der Waals surface area contributed by atoms with Crippen LogP contribution in [0.1, 0.15) is 37.9 Å². The molecule has 3 rings (SSSR count). The van der Waals surface area contributed by atoms with Crippen LogP contribution < -0.4 is 5.32 Å². The number of hydrogen-bond acceptors (Lipinski definition) is 6. The van der Waals surface area contributed by atoms with Gasteiger partial charge >= 0.3 is 0 Å². The average molecular weight is 336 g/mol. The summed E-state index contributed by atoms with van der Waals surface area (Å²) in [7, 11) is 0. The lowest BCUT2D eigenvalue weighted by Gasteiger charge is -2.38. The number of carbonyl (C=O) groups excluding carboxylic acids is 2. The summed E-state index contributed by atoms with van der Waals surface area (Å²) in [5.74, 6) is 1.39. The fraction of sp³-hybridized carbons (Fsp3) is 0.750. The quantitative estimate of drug-likeness (QED) is 0.839. The number of carbonyl (C=O) groups is 2. The van der Waals surface area contributed by atoms with Crippen molar-refractivity contribution >= 4 is 11.8 Å². The van der Waals surface area contributed by atoms with Crippen molar-refractivity contribution < 1.29 is 18.8 Å². The van der Waals surface area contributed by atoms with E-state index < -0.39 is 0 Å². The summed E-state index contributed by atoms with van der Waals surface area (Å²) in [5, 5.41) is 6.82. The van der Waals surface area contributed by atoms with E-state index in [-0.39, 0.29) is 23.3 Å². The lowest BCUT2D eigenvalue weighted by Crippen LogP contribution is -2.57. The molecule has 2 saturated heterocycles. The molecule has 0 spiro atoms. The van der Waals surface area contributed by atoms with E-state index >= 15 is 0 Å². The Morgan fingerprint density at radius 1 is 1.46 bits per heavy atom. The summed E-state index contributed by atoms with van der Waals surface area (Å²) in [4.78, 5) is 30.1. The molecule has 8 nitrogen and oxygen atoms in total. The Labute approximate surface area is 140 Å². The van der Waals surface area contributed by atoms with Gasteiger partial charge in [-0.1, -0.05) is 5.16 Å². The van der Waals surface area contributed by atoms with Gasteiger partial charge in [-0.2, -0.15) is 4.98 Å². The number of aromatic nitrogens is 2. The molecule has 0 aliphatic carbocycles. The summed E-state index contributed by atoms with van der Waals surface area (Å²) in [6, 6.07) is 0. The van der Waals surface area contributed by atoms with Crippen LogP contribution in [0.3, 0.4) is 0 Å². The van der Waals surface area contributed by atoms with Gasteiger partial charge in [0.1, 0.15) is 0 Å². The highest BCUT2D eigenvalue weighted by molar-refractivity contribution is 5.78. The van der Waals surface area contributed by atoms with E-state index in [0.29, 0.717) is 57.3 Å². The highest BCUT2D eigenvalue weighted by Gasteiger charge is 2.49. The second-order valence-corrected chi connectivity index (χ2v) is 6.72. The summed E-state index contributed by atoms with van der Waals surface area (Å²) in [6.07, 6.45) is 2.46. The molecule has 8 heteroatoms. The van der Waals surface area contributed by atoms with Crippen LogP contribution in [0, 0.1) is 12.8 Å². The summed E-state index contributed by atoms with van der Waals surface area (Å²) < 4.78 is 10.6. The Morgan fingerprint density at radius 2 is 2.29 bits per heavy atom. The Balaban J connectivity index is 1.54. The zero-order chi connectivity index (χ0) is 17.2. The molecule has 2 fully saturated rings. The largest absolute Gasteiger partial charge is 0.381 e. The van der Waals surface area contributed by atoms with Gasteiger partial charge in [-0.15, -0.1) is 0 Å².